The number of ether oxygens (including phenoxy) is 1. The first-order valence-electron chi connectivity index (χ1n) is 9.76. The Kier molecular flexibility index (Phi) is 5.19. The second-order valence-corrected chi connectivity index (χ2v) is 7.38. The number of para-hydroxylation sites is 1. The van der Waals surface area contributed by atoms with Crippen LogP contribution in [-0.2, 0) is 9.53 Å². The third-order valence-corrected chi connectivity index (χ3v) is 5.07. The van der Waals surface area contributed by atoms with Gasteiger partial charge in [0.15, 0.2) is 6.10 Å². The molecular weight excluding hydrogens is 376 g/mol. The van der Waals surface area contributed by atoms with Crippen molar-refractivity contribution in [2.24, 2.45) is 0 Å². The van der Waals surface area contributed by atoms with Gasteiger partial charge in [-0.25, -0.2) is 9.78 Å². The molecule has 0 bridgehead atoms. The molecule has 0 saturated carbocycles. The van der Waals surface area contributed by atoms with Crippen molar-refractivity contribution in [2.75, 3.05) is 14.1 Å². The fourth-order valence-corrected chi connectivity index (χ4v) is 3.57. The predicted molar refractivity (Wildman–Crippen MR) is 118 cm³/mol. The van der Waals surface area contributed by atoms with Crippen molar-refractivity contribution in [1.82, 2.24) is 9.88 Å². The summed E-state index contributed by atoms with van der Waals surface area (Å²) in [5, 5.41) is 2.84. The summed E-state index contributed by atoms with van der Waals surface area (Å²) in [5.41, 5.74) is 2.71. The molecule has 1 unspecified atom stereocenters. The van der Waals surface area contributed by atoms with Crippen LogP contribution in [0.3, 0.4) is 0 Å². The molecule has 0 fully saturated rings. The van der Waals surface area contributed by atoms with E-state index in [4.69, 9.17) is 9.72 Å². The molecule has 0 aliphatic heterocycles. The topological polar surface area (TPSA) is 59.5 Å². The average molecular weight is 398 g/mol. The van der Waals surface area contributed by atoms with E-state index in [0.717, 1.165) is 16.3 Å². The minimum Gasteiger partial charge on any atom is -0.449 e. The number of carbonyl (C=O) groups excluding carboxylic acids is 2. The van der Waals surface area contributed by atoms with Gasteiger partial charge in [0, 0.05) is 25.0 Å². The molecule has 5 heteroatoms. The van der Waals surface area contributed by atoms with Crippen molar-refractivity contribution < 1.29 is 14.3 Å². The minimum atomic E-state index is -0.875. The Balaban J connectivity index is 1.84. The number of carbonyl (C=O) groups is 2. The number of rotatable bonds is 4. The monoisotopic (exact) mass is 398 g/mol. The SMILES string of the molecule is CC(OC(=O)c1cc(-c2cccc3ccccc23)nc2ccccc12)C(=O)N(C)C. The minimum absolute atomic E-state index is 0.268. The Morgan fingerprint density at radius 1 is 0.900 bits per heavy atom. The molecule has 5 nitrogen and oxygen atoms in total. The lowest BCUT2D eigenvalue weighted by Gasteiger charge is -2.18. The van der Waals surface area contributed by atoms with E-state index in [1.54, 1.807) is 27.1 Å². The van der Waals surface area contributed by atoms with E-state index >= 15 is 0 Å². The summed E-state index contributed by atoms with van der Waals surface area (Å²) in [4.78, 5) is 31.4. The molecule has 0 spiro atoms. The zero-order chi connectivity index (χ0) is 21.3. The Morgan fingerprint density at radius 2 is 1.57 bits per heavy atom. The van der Waals surface area contributed by atoms with E-state index in [-0.39, 0.29) is 5.91 Å². The first-order valence-corrected chi connectivity index (χ1v) is 9.76. The third kappa shape index (κ3) is 3.62. The summed E-state index contributed by atoms with van der Waals surface area (Å²) in [7, 11) is 3.26. The fraction of sp³-hybridized carbons (Fsp3) is 0.160. The quantitative estimate of drug-likeness (QED) is 0.468. The van der Waals surface area contributed by atoms with Gasteiger partial charge in [-0.1, -0.05) is 60.7 Å². The normalized spacial score (nSPS) is 12.0. The van der Waals surface area contributed by atoms with Crippen molar-refractivity contribution in [2.45, 2.75) is 13.0 Å². The standard InChI is InChI=1S/C25H22N2O3/c1-16(24(28)27(2)3)30-25(29)21-15-23(26-22-14-7-6-12-20(21)22)19-13-8-10-17-9-4-5-11-18(17)19/h4-16H,1-3H3. The second-order valence-electron chi connectivity index (χ2n) is 7.38. The number of aromatic nitrogens is 1. The van der Waals surface area contributed by atoms with Crippen molar-refractivity contribution in [3.63, 3.8) is 0 Å². The maximum atomic E-state index is 13.0. The third-order valence-electron chi connectivity index (χ3n) is 5.07. The van der Waals surface area contributed by atoms with Crippen LogP contribution >= 0.6 is 0 Å². The second kappa shape index (κ2) is 7.95. The van der Waals surface area contributed by atoms with Crippen LogP contribution in [0.1, 0.15) is 17.3 Å². The molecule has 4 rings (SSSR count). The molecular formula is C25H22N2O3. The van der Waals surface area contributed by atoms with Crippen LogP contribution in [0.2, 0.25) is 0 Å². The summed E-state index contributed by atoms with van der Waals surface area (Å²) >= 11 is 0. The lowest BCUT2D eigenvalue weighted by molar-refractivity contribution is -0.137. The number of nitrogens with zero attached hydrogens (tertiary/aromatic N) is 2. The van der Waals surface area contributed by atoms with Crippen molar-refractivity contribution >= 4 is 33.6 Å². The van der Waals surface area contributed by atoms with Crippen molar-refractivity contribution in [3.8, 4) is 11.3 Å². The number of pyridine rings is 1. The van der Waals surface area contributed by atoms with Crippen LogP contribution in [0.5, 0.6) is 0 Å². The van der Waals surface area contributed by atoms with Gasteiger partial charge in [0.05, 0.1) is 16.8 Å². The Bertz CT molecular complexity index is 1260. The molecule has 0 N–H and O–H groups in total. The van der Waals surface area contributed by atoms with Gasteiger partial charge < -0.3 is 9.64 Å². The van der Waals surface area contributed by atoms with Crippen LogP contribution in [0.25, 0.3) is 32.9 Å². The van der Waals surface area contributed by atoms with E-state index in [1.807, 2.05) is 66.7 Å². The van der Waals surface area contributed by atoms with E-state index < -0.39 is 12.1 Å². The summed E-state index contributed by atoms with van der Waals surface area (Å²) < 4.78 is 5.49. The molecule has 3 aromatic carbocycles. The highest BCUT2D eigenvalue weighted by atomic mass is 16.5. The number of benzene rings is 3. The van der Waals surface area contributed by atoms with Crippen LogP contribution in [0.15, 0.2) is 72.8 Å². The Hall–Kier alpha value is -3.73. The van der Waals surface area contributed by atoms with Crippen LogP contribution < -0.4 is 0 Å². The molecule has 1 amide bonds. The van der Waals surface area contributed by atoms with Crippen LogP contribution in [0, 0.1) is 0 Å². The van der Waals surface area contributed by atoms with E-state index in [1.165, 1.54) is 4.90 Å². The number of amides is 1. The number of esters is 1. The molecule has 0 aliphatic rings. The Morgan fingerprint density at radius 3 is 2.33 bits per heavy atom. The van der Waals surface area contributed by atoms with Gasteiger partial charge in [-0.2, -0.15) is 0 Å². The molecule has 30 heavy (non-hydrogen) atoms. The molecule has 1 aromatic heterocycles. The first-order chi connectivity index (χ1) is 14.5. The lowest BCUT2D eigenvalue weighted by atomic mass is 9.99. The van der Waals surface area contributed by atoms with Gasteiger partial charge >= 0.3 is 5.97 Å². The highest BCUT2D eigenvalue weighted by Crippen LogP contribution is 2.30. The van der Waals surface area contributed by atoms with Gasteiger partial charge in [0.1, 0.15) is 0 Å². The van der Waals surface area contributed by atoms with Crippen LogP contribution in [0.4, 0.5) is 0 Å². The average Bonchev–Trinajstić information content (AvgIpc) is 2.77. The van der Waals surface area contributed by atoms with E-state index in [2.05, 4.69) is 0 Å². The summed E-state index contributed by atoms with van der Waals surface area (Å²) in [6.07, 6.45) is -0.875. The maximum Gasteiger partial charge on any atom is 0.339 e. The molecule has 0 aliphatic carbocycles. The number of hydrogen-bond acceptors (Lipinski definition) is 4. The lowest BCUT2D eigenvalue weighted by Crippen LogP contribution is -2.34. The molecule has 1 heterocycles. The first kappa shape index (κ1) is 19.6. The molecule has 4 aromatic rings. The maximum absolute atomic E-state index is 13.0. The van der Waals surface area contributed by atoms with E-state index in [9.17, 15) is 9.59 Å². The largest absolute Gasteiger partial charge is 0.449 e. The van der Waals surface area contributed by atoms with Gasteiger partial charge in [-0.15, -0.1) is 0 Å². The van der Waals surface area contributed by atoms with E-state index in [0.29, 0.717) is 22.2 Å². The van der Waals surface area contributed by atoms with Crippen molar-refractivity contribution in [1.29, 1.82) is 0 Å². The smallest absolute Gasteiger partial charge is 0.339 e. The van der Waals surface area contributed by atoms with Gasteiger partial charge in [-0.3, -0.25) is 4.79 Å². The molecule has 150 valence electrons. The van der Waals surface area contributed by atoms with Crippen LogP contribution in [-0.4, -0.2) is 42.0 Å². The van der Waals surface area contributed by atoms with Gasteiger partial charge in [-0.05, 0) is 29.8 Å². The zero-order valence-electron chi connectivity index (χ0n) is 17.1. The fourth-order valence-electron chi connectivity index (χ4n) is 3.57. The summed E-state index contributed by atoms with van der Waals surface area (Å²) in [6.45, 7) is 1.58. The van der Waals surface area contributed by atoms with Gasteiger partial charge in [0.2, 0.25) is 0 Å². The summed E-state index contributed by atoms with van der Waals surface area (Å²) in [6, 6.07) is 23.3. The summed E-state index contributed by atoms with van der Waals surface area (Å²) in [5.74, 6) is -0.811. The highest BCUT2D eigenvalue weighted by Gasteiger charge is 2.22. The highest BCUT2D eigenvalue weighted by molar-refractivity contribution is 6.06. The molecule has 0 saturated heterocycles. The Labute approximate surface area is 174 Å². The number of likely N-dealkylation sites (N-methyl/N-ethyl adjacent to an activating group) is 1. The molecule has 0 radical (unpaired) electrons. The number of fused-ring (bicyclic) bond motifs is 2. The van der Waals surface area contributed by atoms with Gasteiger partial charge in [0.25, 0.3) is 5.91 Å². The van der Waals surface area contributed by atoms with Crippen molar-refractivity contribution in [3.05, 3.63) is 78.4 Å². The zero-order valence-corrected chi connectivity index (χ0v) is 17.1. The predicted octanol–water partition coefficient (Wildman–Crippen LogP) is 4.69. The molecule has 1 atom stereocenters. The number of hydrogen-bond donors (Lipinski definition) is 0.